The van der Waals surface area contributed by atoms with Crippen LogP contribution in [-0.4, -0.2) is 30.2 Å². The number of pyridine rings is 1. The molecule has 0 aliphatic rings. The van der Waals surface area contributed by atoms with Gasteiger partial charge in [-0.2, -0.15) is 0 Å². The lowest BCUT2D eigenvalue weighted by Gasteiger charge is -2.22. The van der Waals surface area contributed by atoms with Crippen molar-refractivity contribution in [3.8, 4) is 5.75 Å². The monoisotopic (exact) mass is 286 g/mol. The molecule has 0 bridgehead atoms. The molecule has 2 rings (SSSR count). The highest BCUT2D eigenvalue weighted by Gasteiger charge is 2.16. The molecule has 6 heteroatoms. The summed E-state index contributed by atoms with van der Waals surface area (Å²) in [6, 6.07) is 9.40. The van der Waals surface area contributed by atoms with Gasteiger partial charge in [0.25, 0.3) is 0 Å². The summed E-state index contributed by atoms with van der Waals surface area (Å²) < 4.78 is 5.23. The molecule has 21 heavy (non-hydrogen) atoms. The van der Waals surface area contributed by atoms with Crippen LogP contribution in [0.4, 0.5) is 11.5 Å². The Bertz CT molecular complexity index is 670. The van der Waals surface area contributed by atoms with Gasteiger partial charge in [0.1, 0.15) is 11.6 Å². The van der Waals surface area contributed by atoms with Crippen LogP contribution in [0, 0.1) is 6.92 Å². The molecular formula is C15H18N4O2. The molecule has 0 amide bonds. The zero-order valence-electron chi connectivity index (χ0n) is 12.2. The van der Waals surface area contributed by atoms with Gasteiger partial charge in [0.2, 0.25) is 0 Å². The van der Waals surface area contributed by atoms with E-state index in [9.17, 15) is 0 Å². The molecule has 0 aliphatic heterocycles. The predicted molar refractivity (Wildman–Crippen MR) is 82.5 cm³/mol. The van der Waals surface area contributed by atoms with Crippen molar-refractivity contribution in [1.82, 2.24) is 4.98 Å². The van der Waals surface area contributed by atoms with Crippen molar-refractivity contribution in [2.75, 3.05) is 19.1 Å². The molecule has 1 aromatic heterocycles. The van der Waals surface area contributed by atoms with E-state index in [1.54, 1.807) is 13.3 Å². The molecule has 0 atom stereocenters. The van der Waals surface area contributed by atoms with Crippen molar-refractivity contribution >= 4 is 17.3 Å². The molecule has 0 saturated heterocycles. The van der Waals surface area contributed by atoms with E-state index >= 15 is 0 Å². The van der Waals surface area contributed by atoms with Crippen molar-refractivity contribution in [2.45, 2.75) is 6.92 Å². The van der Waals surface area contributed by atoms with E-state index in [4.69, 9.17) is 15.7 Å². The Morgan fingerprint density at radius 1 is 1.38 bits per heavy atom. The fourth-order valence-electron chi connectivity index (χ4n) is 2.11. The van der Waals surface area contributed by atoms with Gasteiger partial charge in [-0.25, -0.2) is 4.98 Å². The number of anilines is 2. The first kappa shape index (κ1) is 14.6. The number of aromatic nitrogens is 1. The SMILES string of the molecule is COc1cccc(N(C)c2nccc(C)c2/C(N)=N/O)c1. The number of hydrogen-bond donors (Lipinski definition) is 2. The first-order valence-electron chi connectivity index (χ1n) is 6.39. The minimum absolute atomic E-state index is 0.0327. The molecule has 1 heterocycles. The highest BCUT2D eigenvalue weighted by molar-refractivity contribution is 6.03. The standard InChI is InChI=1S/C15H18N4O2/c1-10-7-8-17-15(13(10)14(16)18-20)19(2)11-5-4-6-12(9-11)21-3/h4-9,20H,1-3H3,(H2,16,18). The third-order valence-corrected chi connectivity index (χ3v) is 3.26. The van der Waals surface area contributed by atoms with Gasteiger partial charge in [-0.15, -0.1) is 0 Å². The lowest BCUT2D eigenvalue weighted by atomic mass is 10.1. The number of nitrogens with zero attached hydrogens (tertiary/aromatic N) is 3. The average Bonchev–Trinajstić information content (AvgIpc) is 2.53. The Balaban J connectivity index is 2.53. The molecule has 110 valence electrons. The number of methoxy groups -OCH3 is 1. The van der Waals surface area contributed by atoms with Crippen LogP contribution in [0.5, 0.6) is 5.75 Å². The Morgan fingerprint density at radius 3 is 2.81 bits per heavy atom. The van der Waals surface area contributed by atoms with Crippen molar-refractivity contribution in [2.24, 2.45) is 10.9 Å². The molecule has 1 aromatic carbocycles. The first-order chi connectivity index (χ1) is 10.1. The summed E-state index contributed by atoms with van der Waals surface area (Å²) >= 11 is 0. The highest BCUT2D eigenvalue weighted by atomic mass is 16.5. The molecule has 0 aliphatic carbocycles. The zero-order chi connectivity index (χ0) is 15.4. The molecule has 6 nitrogen and oxygen atoms in total. The van der Waals surface area contributed by atoms with Gasteiger partial charge in [-0.1, -0.05) is 11.2 Å². The second-order valence-electron chi connectivity index (χ2n) is 4.57. The molecule has 0 fully saturated rings. The number of amidine groups is 1. The van der Waals surface area contributed by atoms with Crippen LogP contribution in [0.3, 0.4) is 0 Å². The van der Waals surface area contributed by atoms with E-state index < -0.39 is 0 Å². The maximum atomic E-state index is 8.97. The number of hydrogen-bond acceptors (Lipinski definition) is 5. The number of aryl methyl sites for hydroxylation is 1. The van der Waals surface area contributed by atoms with Gasteiger partial charge in [0.15, 0.2) is 5.84 Å². The summed E-state index contributed by atoms with van der Waals surface area (Å²) in [5.74, 6) is 1.39. The van der Waals surface area contributed by atoms with Crippen LogP contribution < -0.4 is 15.4 Å². The lowest BCUT2D eigenvalue weighted by Crippen LogP contribution is -2.22. The Labute approximate surface area is 123 Å². The van der Waals surface area contributed by atoms with Crippen LogP contribution in [-0.2, 0) is 0 Å². The number of ether oxygens (including phenoxy) is 1. The van der Waals surface area contributed by atoms with E-state index in [0.717, 1.165) is 17.0 Å². The Hall–Kier alpha value is -2.76. The molecule has 0 radical (unpaired) electrons. The normalized spacial score (nSPS) is 11.3. The van der Waals surface area contributed by atoms with E-state index in [1.807, 2.05) is 49.2 Å². The van der Waals surface area contributed by atoms with Gasteiger partial charge in [-0.05, 0) is 30.7 Å². The summed E-state index contributed by atoms with van der Waals surface area (Å²) in [6.45, 7) is 1.89. The topological polar surface area (TPSA) is 84.0 Å². The van der Waals surface area contributed by atoms with Crippen LogP contribution in [0.1, 0.15) is 11.1 Å². The van der Waals surface area contributed by atoms with E-state index in [0.29, 0.717) is 11.4 Å². The van der Waals surface area contributed by atoms with E-state index in [-0.39, 0.29) is 5.84 Å². The van der Waals surface area contributed by atoms with Crippen molar-refractivity contribution < 1.29 is 9.94 Å². The molecular weight excluding hydrogens is 268 g/mol. The van der Waals surface area contributed by atoms with Crippen LogP contribution >= 0.6 is 0 Å². The Morgan fingerprint density at radius 2 is 2.14 bits per heavy atom. The zero-order valence-corrected chi connectivity index (χ0v) is 12.2. The van der Waals surface area contributed by atoms with Crippen molar-refractivity contribution in [3.63, 3.8) is 0 Å². The van der Waals surface area contributed by atoms with E-state index in [2.05, 4.69) is 10.1 Å². The first-order valence-corrected chi connectivity index (χ1v) is 6.39. The number of benzene rings is 1. The van der Waals surface area contributed by atoms with Crippen LogP contribution in [0.2, 0.25) is 0 Å². The third kappa shape index (κ3) is 2.89. The average molecular weight is 286 g/mol. The maximum Gasteiger partial charge on any atom is 0.174 e. The van der Waals surface area contributed by atoms with E-state index in [1.165, 1.54) is 0 Å². The second-order valence-corrected chi connectivity index (χ2v) is 4.57. The smallest absolute Gasteiger partial charge is 0.174 e. The summed E-state index contributed by atoms with van der Waals surface area (Å²) in [5, 5.41) is 12.1. The summed E-state index contributed by atoms with van der Waals surface area (Å²) in [7, 11) is 3.48. The van der Waals surface area contributed by atoms with Gasteiger partial charge in [-0.3, -0.25) is 0 Å². The predicted octanol–water partition coefficient (Wildman–Crippen LogP) is 2.26. The molecule has 0 spiro atoms. The van der Waals surface area contributed by atoms with Crippen LogP contribution in [0.25, 0.3) is 0 Å². The largest absolute Gasteiger partial charge is 0.497 e. The van der Waals surface area contributed by atoms with Crippen molar-refractivity contribution in [3.05, 3.63) is 47.7 Å². The molecule has 0 saturated carbocycles. The van der Waals surface area contributed by atoms with Gasteiger partial charge >= 0.3 is 0 Å². The molecule has 2 aromatic rings. The quantitative estimate of drug-likeness (QED) is 0.390. The minimum Gasteiger partial charge on any atom is -0.497 e. The number of nitrogens with two attached hydrogens (primary N) is 1. The van der Waals surface area contributed by atoms with Crippen LogP contribution in [0.15, 0.2) is 41.7 Å². The Kier molecular flexibility index (Phi) is 4.27. The summed E-state index contributed by atoms with van der Waals surface area (Å²) in [5.41, 5.74) is 8.15. The molecule has 0 unspecified atom stereocenters. The van der Waals surface area contributed by atoms with Gasteiger partial charge in [0.05, 0.1) is 12.7 Å². The summed E-state index contributed by atoms with van der Waals surface area (Å²) in [6.07, 6.45) is 1.69. The highest BCUT2D eigenvalue weighted by Crippen LogP contribution is 2.28. The number of oxime groups is 1. The fourth-order valence-corrected chi connectivity index (χ4v) is 2.11. The third-order valence-electron chi connectivity index (χ3n) is 3.26. The summed E-state index contributed by atoms with van der Waals surface area (Å²) in [4.78, 5) is 6.22. The lowest BCUT2D eigenvalue weighted by molar-refractivity contribution is 0.318. The molecule has 3 N–H and O–H groups in total. The van der Waals surface area contributed by atoms with Crippen molar-refractivity contribution in [1.29, 1.82) is 0 Å². The maximum absolute atomic E-state index is 8.97. The second kappa shape index (κ2) is 6.13. The fraction of sp³-hybridized carbons (Fsp3) is 0.200. The number of rotatable bonds is 4. The van der Waals surface area contributed by atoms with Gasteiger partial charge < -0.3 is 20.6 Å². The minimum atomic E-state index is 0.0327. The van der Waals surface area contributed by atoms with Gasteiger partial charge in [0, 0.05) is 25.0 Å².